The molecule has 0 bridgehead atoms. The zero-order chi connectivity index (χ0) is 15.4. The number of rotatable bonds is 6. The van der Waals surface area contributed by atoms with Crippen molar-refractivity contribution in [2.24, 2.45) is 0 Å². The molecule has 22 heavy (non-hydrogen) atoms. The molecule has 0 unspecified atom stereocenters. The van der Waals surface area contributed by atoms with Crippen LogP contribution in [0.2, 0.25) is 0 Å². The molecule has 1 aromatic heterocycles. The fraction of sp³-hybridized carbons (Fsp3) is 0.222. The summed E-state index contributed by atoms with van der Waals surface area (Å²) >= 11 is -1.42. The Balaban J connectivity index is 1.57. The third-order valence-corrected chi connectivity index (χ3v) is 5.87. The van der Waals surface area contributed by atoms with Crippen LogP contribution in [-0.4, -0.2) is 15.5 Å². The number of aromatic amines is 1. The van der Waals surface area contributed by atoms with Crippen molar-refractivity contribution in [2.75, 3.05) is 6.54 Å². The second kappa shape index (κ2) is 7.19. The first-order valence-electron chi connectivity index (χ1n) is 7.73. The predicted molar refractivity (Wildman–Crippen MR) is 86.7 cm³/mol. The summed E-state index contributed by atoms with van der Waals surface area (Å²) in [5.41, 5.74) is 5.17. The Kier molecular flexibility index (Phi) is 5.04. The Morgan fingerprint density at radius 2 is 1.86 bits per heavy atom. The van der Waals surface area contributed by atoms with E-state index < -0.39 is 17.5 Å². The maximum absolute atomic E-state index is 9.23. The van der Waals surface area contributed by atoms with Gasteiger partial charge in [0.15, 0.2) is 0 Å². The standard InChI is InChI=1S/C18H19N2.H2O.Zn/c1-14-16(17-9-5-6-10-18(17)20-14)11-12-19-13-15-7-3-2-4-8-15;;/h3-10,19-20H,11-13H2,1H3;1H2;/q;;+1/p-1. The molecule has 4 heteroatoms. The van der Waals surface area contributed by atoms with Gasteiger partial charge in [-0.05, 0) is 0 Å². The Hall–Kier alpha value is -1.48. The molecule has 0 fully saturated rings. The number of nitrogens with one attached hydrogen (secondary N) is 2. The van der Waals surface area contributed by atoms with Crippen LogP contribution in [0.25, 0.3) is 10.9 Å². The van der Waals surface area contributed by atoms with Crippen molar-refractivity contribution in [1.29, 1.82) is 0 Å². The van der Waals surface area contributed by atoms with Crippen molar-refractivity contribution in [3.63, 3.8) is 0 Å². The Labute approximate surface area is 138 Å². The van der Waals surface area contributed by atoms with Gasteiger partial charge >= 0.3 is 133 Å². The molecule has 0 saturated heterocycles. The number of fused-ring (bicyclic) bond motifs is 1. The van der Waals surface area contributed by atoms with E-state index in [1.165, 1.54) is 27.7 Å². The van der Waals surface area contributed by atoms with Gasteiger partial charge in [0.2, 0.25) is 0 Å². The van der Waals surface area contributed by atoms with Gasteiger partial charge in [-0.2, -0.15) is 0 Å². The molecule has 0 aliphatic rings. The van der Waals surface area contributed by atoms with Crippen LogP contribution in [0.1, 0.15) is 16.8 Å². The van der Waals surface area contributed by atoms with Gasteiger partial charge in [-0.25, -0.2) is 0 Å². The number of hydrogen-bond donors (Lipinski definition) is 3. The van der Waals surface area contributed by atoms with E-state index in [9.17, 15) is 3.93 Å². The maximum atomic E-state index is 9.23. The molecule has 0 amide bonds. The van der Waals surface area contributed by atoms with Gasteiger partial charge in [0.1, 0.15) is 0 Å². The van der Waals surface area contributed by atoms with Crippen molar-refractivity contribution >= 4 is 15.1 Å². The number of hydrogen-bond acceptors (Lipinski definition) is 2. The quantitative estimate of drug-likeness (QED) is 0.475. The first-order valence-corrected chi connectivity index (χ1v) is 10.5. The third-order valence-electron chi connectivity index (χ3n) is 4.11. The summed E-state index contributed by atoms with van der Waals surface area (Å²) in [4.78, 5) is 3.45. The van der Waals surface area contributed by atoms with E-state index in [1.807, 2.05) is 0 Å². The first-order chi connectivity index (χ1) is 10.8. The average Bonchev–Trinajstić information content (AvgIpc) is 2.88. The normalized spacial score (nSPS) is 10.8. The summed E-state index contributed by atoms with van der Waals surface area (Å²) < 4.78 is 10.4. The molecule has 0 saturated carbocycles. The second-order valence-corrected chi connectivity index (χ2v) is 8.05. The van der Waals surface area contributed by atoms with E-state index in [0.717, 1.165) is 23.7 Å². The number of aromatic nitrogens is 1. The van der Waals surface area contributed by atoms with Gasteiger partial charge in [0, 0.05) is 0 Å². The molecule has 0 atom stereocenters. The van der Waals surface area contributed by atoms with Gasteiger partial charge in [-0.1, -0.05) is 6.07 Å². The van der Waals surface area contributed by atoms with Gasteiger partial charge in [-0.3, -0.25) is 0 Å². The van der Waals surface area contributed by atoms with Crippen molar-refractivity contribution in [3.05, 3.63) is 65.4 Å². The predicted octanol–water partition coefficient (Wildman–Crippen LogP) is 2.42. The van der Waals surface area contributed by atoms with Crippen molar-refractivity contribution in [2.45, 2.75) is 19.9 Å². The molecule has 110 valence electrons. The summed E-state index contributed by atoms with van der Waals surface area (Å²) in [5, 5.41) is 4.84. The van der Waals surface area contributed by atoms with Gasteiger partial charge in [-0.15, -0.1) is 0 Å². The molecule has 3 nitrogen and oxygen atoms in total. The van der Waals surface area contributed by atoms with E-state index >= 15 is 0 Å². The second-order valence-electron chi connectivity index (χ2n) is 5.68. The molecular formula is C18H20N2OZn. The molecule has 0 spiro atoms. The first kappa shape index (κ1) is 15.4. The summed E-state index contributed by atoms with van der Waals surface area (Å²) in [6.45, 7) is 3.98. The third kappa shape index (κ3) is 3.46. The van der Waals surface area contributed by atoms with Crippen LogP contribution in [0, 0.1) is 6.92 Å². The monoisotopic (exact) mass is 344 g/mol. The van der Waals surface area contributed by atoms with E-state index in [-0.39, 0.29) is 0 Å². The van der Waals surface area contributed by atoms with Crippen LogP contribution in [0.15, 0.2) is 48.5 Å². The van der Waals surface area contributed by atoms with Crippen LogP contribution >= 0.6 is 0 Å². The van der Waals surface area contributed by atoms with E-state index in [4.69, 9.17) is 0 Å². The number of para-hydroxylation sites is 1. The van der Waals surface area contributed by atoms with E-state index in [0.29, 0.717) is 0 Å². The SMILES string of the molecule is Cc1[nH]c2ccccc2c1CCNCc1cc[c]([Zn][OH])cc1. The number of H-pyrrole nitrogens is 1. The van der Waals surface area contributed by atoms with Gasteiger partial charge in [0.25, 0.3) is 0 Å². The molecule has 0 aliphatic heterocycles. The van der Waals surface area contributed by atoms with Gasteiger partial charge in [0.05, 0.1) is 0 Å². The van der Waals surface area contributed by atoms with Crippen molar-refractivity contribution in [3.8, 4) is 0 Å². The van der Waals surface area contributed by atoms with Crippen LogP contribution in [0.5, 0.6) is 0 Å². The molecule has 3 aromatic rings. The van der Waals surface area contributed by atoms with E-state index in [1.54, 1.807) is 0 Å². The Morgan fingerprint density at radius 1 is 1.09 bits per heavy atom. The molecule has 0 aliphatic carbocycles. The van der Waals surface area contributed by atoms with Crippen LogP contribution in [0.3, 0.4) is 0 Å². The molecule has 0 radical (unpaired) electrons. The zero-order valence-electron chi connectivity index (χ0n) is 12.9. The molecular weight excluding hydrogens is 326 g/mol. The topological polar surface area (TPSA) is 48.0 Å². The minimum atomic E-state index is -1.42. The minimum absolute atomic E-state index is 0.875. The number of aryl methyl sites for hydroxylation is 1. The molecule has 2 aromatic carbocycles. The summed E-state index contributed by atoms with van der Waals surface area (Å²) in [7, 11) is 0. The Bertz CT molecular complexity index is 749. The summed E-state index contributed by atoms with van der Waals surface area (Å²) in [6.07, 6.45) is 1.03. The number of benzene rings is 2. The fourth-order valence-corrected chi connectivity index (χ4v) is 3.80. The zero-order valence-corrected chi connectivity index (χ0v) is 15.9. The summed E-state index contributed by atoms with van der Waals surface area (Å²) in [6, 6.07) is 16.8. The summed E-state index contributed by atoms with van der Waals surface area (Å²) in [5.74, 6) is 0. The fourth-order valence-electron chi connectivity index (χ4n) is 2.87. The van der Waals surface area contributed by atoms with E-state index in [2.05, 4.69) is 65.8 Å². The van der Waals surface area contributed by atoms with Crippen LogP contribution in [0.4, 0.5) is 0 Å². The van der Waals surface area contributed by atoms with Gasteiger partial charge < -0.3 is 0 Å². The van der Waals surface area contributed by atoms with Crippen LogP contribution < -0.4 is 9.47 Å². The molecule has 3 N–H and O–H groups in total. The van der Waals surface area contributed by atoms with Crippen molar-refractivity contribution in [1.82, 2.24) is 10.3 Å². The van der Waals surface area contributed by atoms with Crippen LogP contribution in [-0.2, 0) is 30.5 Å². The van der Waals surface area contributed by atoms with Crippen molar-refractivity contribution < 1.29 is 21.4 Å². The average molecular weight is 346 g/mol. The molecule has 1 heterocycles. The molecule has 3 rings (SSSR count). The Morgan fingerprint density at radius 3 is 2.64 bits per heavy atom.